The fraction of sp³-hybridized carbons (Fsp3) is 0.467. The molecule has 1 fully saturated rings. The van der Waals surface area contributed by atoms with Gasteiger partial charge in [-0.25, -0.2) is 0 Å². The first-order chi connectivity index (χ1) is 9.52. The third kappa shape index (κ3) is 3.60. The molecule has 0 unspecified atom stereocenters. The van der Waals surface area contributed by atoms with Gasteiger partial charge in [-0.1, -0.05) is 28.1 Å². The molecule has 1 saturated carbocycles. The lowest BCUT2D eigenvalue weighted by Crippen LogP contribution is -2.51. The Balaban J connectivity index is 1.98. The van der Waals surface area contributed by atoms with E-state index < -0.39 is 0 Å². The van der Waals surface area contributed by atoms with Crippen LogP contribution in [0, 0.1) is 0 Å². The molecule has 1 aromatic carbocycles. The predicted molar refractivity (Wildman–Crippen MR) is 81.1 cm³/mol. The first-order valence-corrected chi connectivity index (χ1v) is 7.63. The van der Waals surface area contributed by atoms with Crippen LogP contribution in [-0.4, -0.2) is 18.4 Å². The van der Waals surface area contributed by atoms with Crippen LogP contribution < -0.4 is 10.6 Å². The van der Waals surface area contributed by atoms with Crippen LogP contribution >= 0.6 is 15.9 Å². The topological polar surface area (TPSA) is 58.2 Å². The van der Waals surface area contributed by atoms with Crippen molar-refractivity contribution in [2.75, 3.05) is 6.54 Å². The first kappa shape index (κ1) is 15.0. The standard InChI is InChI=1S/C15H19BrN2O2/c1-11(19)17-9-6-14(20)18-15(7-3-8-15)12-4-2-5-13(16)10-12/h2,4-5,10H,3,6-9H2,1H3,(H,17,19)(H,18,20). The van der Waals surface area contributed by atoms with Crippen molar-refractivity contribution in [2.45, 2.75) is 38.1 Å². The highest BCUT2D eigenvalue weighted by Crippen LogP contribution is 2.41. The van der Waals surface area contributed by atoms with Gasteiger partial charge in [-0.3, -0.25) is 9.59 Å². The summed E-state index contributed by atoms with van der Waals surface area (Å²) in [4.78, 5) is 22.8. The highest BCUT2D eigenvalue weighted by Gasteiger charge is 2.39. The zero-order valence-corrected chi connectivity index (χ0v) is 13.1. The molecule has 4 nitrogen and oxygen atoms in total. The SMILES string of the molecule is CC(=O)NCCC(=O)NC1(c2cccc(Br)c2)CCC1. The minimum Gasteiger partial charge on any atom is -0.356 e. The predicted octanol–water partition coefficient (Wildman–Crippen LogP) is 2.47. The number of nitrogens with one attached hydrogen (secondary N) is 2. The molecular formula is C15H19BrN2O2. The Morgan fingerprint density at radius 2 is 2.10 bits per heavy atom. The van der Waals surface area contributed by atoms with Crippen molar-refractivity contribution >= 4 is 27.7 Å². The Morgan fingerprint density at radius 3 is 2.65 bits per heavy atom. The van der Waals surface area contributed by atoms with Crippen molar-refractivity contribution < 1.29 is 9.59 Å². The van der Waals surface area contributed by atoms with Gasteiger partial charge in [0.05, 0.1) is 5.54 Å². The summed E-state index contributed by atoms with van der Waals surface area (Å²) in [6.07, 6.45) is 3.37. The van der Waals surface area contributed by atoms with Crippen molar-refractivity contribution in [2.24, 2.45) is 0 Å². The van der Waals surface area contributed by atoms with E-state index in [1.54, 1.807) is 0 Å². The van der Waals surface area contributed by atoms with Gasteiger partial charge in [-0.15, -0.1) is 0 Å². The van der Waals surface area contributed by atoms with Crippen molar-refractivity contribution in [3.8, 4) is 0 Å². The lowest BCUT2D eigenvalue weighted by Gasteiger charge is -2.43. The number of benzene rings is 1. The summed E-state index contributed by atoms with van der Waals surface area (Å²) in [6.45, 7) is 1.84. The number of amides is 2. The van der Waals surface area contributed by atoms with Crippen LogP contribution in [0.5, 0.6) is 0 Å². The summed E-state index contributed by atoms with van der Waals surface area (Å²) in [6, 6.07) is 8.09. The van der Waals surface area contributed by atoms with Gasteiger partial charge in [-0.2, -0.15) is 0 Å². The quantitative estimate of drug-likeness (QED) is 0.866. The monoisotopic (exact) mass is 338 g/mol. The smallest absolute Gasteiger partial charge is 0.222 e. The van der Waals surface area contributed by atoms with Gasteiger partial charge >= 0.3 is 0 Å². The number of carbonyl (C=O) groups excluding carboxylic acids is 2. The second kappa shape index (κ2) is 6.39. The molecule has 0 aromatic heterocycles. The van der Waals surface area contributed by atoms with E-state index in [2.05, 4.69) is 38.7 Å². The number of hydrogen-bond acceptors (Lipinski definition) is 2. The normalized spacial score (nSPS) is 16.1. The Bertz CT molecular complexity index is 512. The first-order valence-electron chi connectivity index (χ1n) is 6.83. The molecule has 0 atom stereocenters. The molecule has 0 saturated heterocycles. The third-order valence-electron chi connectivity index (χ3n) is 3.69. The Labute approximate surface area is 127 Å². The minimum absolute atomic E-state index is 0.0153. The second-order valence-electron chi connectivity index (χ2n) is 5.23. The molecule has 1 aromatic rings. The summed E-state index contributed by atoms with van der Waals surface area (Å²) in [5, 5.41) is 5.78. The molecule has 2 rings (SSSR count). The largest absolute Gasteiger partial charge is 0.356 e. The highest BCUT2D eigenvalue weighted by atomic mass is 79.9. The maximum absolute atomic E-state index is 12.0. The Hall–Kier alpha value is -1.36. The summed E-state index contributed by atoms with van der Waals surface area (Å²) in [5.41, 5.74) is 0.919. The number of rotatable bonds is 5. The molecule has 5 heteroatoms. The zero-order chi connectivity index (χ0) is 14.6. The third-order valence-corrected chi connectivity index (χ3v) is 4.18. The van der Waals surface area contributed by atoms with E-state index in [4.69, 9.17) is 0 Å². The van der Waals surface area contributed by atoms with E-state index in [-0.39, 0.29) is 17.4 Å². The maximum Gasteiger partial charge on any atom is 0.222 e. The molecule has 2 amide bonds. The van der Waals surface area contributed by atoms with Crippen molar-refractivity contribution in [1.29, 1.82) is 0 Å². The van der Waals surface area contributed by atoms with Gasteiger partial charge in [0.2, 0.25) is 11.8 Å². The van der Waals surface area contributed by atoms with E-state index in [0.29, 0.717) is 13.0 Å². The maximum atomic E-state index is 12.0. The molecule has 1 aliphatic rings. The average Bonchev–Trinajstić information content (AvgIpc) is 2.33. The summed E-state index contributed by atoms with van der Waals surface area (Å²) in [7, 11) is 0. The van der Waals surface area contributed by atoms with Crippen LogP contribution in [-0.2, 0) is 15.1 Å². The Morgan fingerprint density at radius 1 is 1.35 bits per heavy atom. The average molecular weight is 339 g/mol. The van der Waals surface area contributed by atoms with Gasteiger partial charge in [0.15, 0.2) is 0 Å². The van der Waals surface area contributed by atoms with Crippen LogP contribution in [0.2, 0.25) is 0 Å². The number of halogens is 1. The van der Waals surface area contributed by atoms with Gasteiger partial charge < -0.3 is 10.6 Å². The molecule has 2 N–H and O–H groups in total. The summed E-state index contributed by atoms with van der Waals surface area (Å²) < 4.78 is 1.02. The van der Waals surface area contributed by atoms with E-state index in [1.807, 2.05) is 12.1 Å². The highest BCUT2D eigenvalue weighted by molar-refractivity contribution is 9.10. The summed E-state index contributed by atoms with van der Waals surface area (Å²) >= 11 is 3.47. The fourth-order valence-corrected chi connectivity index (χ4v) is 2.88. The van der Waals surface area contributed by atoms with E-state index in [1.165, 1.54) is 6.92 Å². The van der Waals surface area contributed by atoms with Crippen LogP contribution in [0.3, 0.4) is 0 Å². The molecule has 0 spiro atoms. The number of hydrogen-bond donors (Lipinski definition) is 2. The van der Waals surface area contributed by atoms with E-state index in [9.17, 15) is 9.59 Å². The van der Waals surface area contributed by atoms with Crippen LogP contribution in [0.15, 0.2) is 28.7 Å². The van der Waals surface area contributed by atoms with E-state index >= 15 is 0 Å². The van der Waals surface area contributed by atoms with Crippen LogP contribution in [0.4, 0.5) is 0 Å². The second-order valence-corrected chi connectivity index (χ2v) is 6.14. The lowest BCUT2D eigenvalue weighted by molar-refractivity contribution is -0.124. The van der Waals surface area contributed by atoms with Gasteiger partial charge in [0.1, 0.15) is 0 Å². The molecule has 1 aliphatic carbocycles. The van der Waals surface area contributed by atoms with Crippen molar-refractivity contribution in [3.05, 3.63) is 34.3 Å². The molecule has 0 radical (unpaired) electrons. The van der Waals surface area contributed by atoms with Gasteiger partial charge in [-0.05, 0) is 37.0 Å². The van der Waals surface area contributed by atoms with Crippen LogP contribution in [0.25, 0.3) is 0 Å². The van der Waals surface area contributed by atoms with Crippen molar-refractivity contribution in [1.82, 2.24) is 10.6 Å². The molecule has 0 heterocycles. The molecule has 0 aliphatic heterocycles. The van der Waals surface area contributed by atoms with Crippen LogP contribution in [0.1, 0.15) is 38.2 Å². The fourth-order valence-electron chi connectivity index (χ4n) is 2.48. The van der Waals surface area contributed by atoms with Gasteiger partial charge in [0.25, 0.3) is 0 Å². The summed E-state index contributed by atoms with van der Waals surface area (Å²) in [5.74, 6) is -0.124. The molecule has 108 valence electrons. The zero-order valence-electron chi connectivity index (χ0n) is 11.5. The Kier molecular flexibility index (Phi) is 4.81. The molecular weight excluding hydrogens is 320 g/mol. The van der Waals surface area contributed by atoms with Gasteiger partial charge in [0, 0.05) is 24.4 Å². The number of carbonyl (C=O) groups is 2. The molecule has 0 bridgehead atoms. The van der Waals surface area contributed by atoms with Crippen molar-refractivity contribution in [3.63, 3.8) is 0 Å². The lowest BCUT2D eigenvalue weighted by atomic mass is 9.71. The minimum atomic E-state index is -0.225. The van der Waals surface area contributed by atoms with E-state index in [0.717, 1.165) is 29.3 Å². The molecule has 20 heavy (non-hydrogen) atoms.